The smallest absolute Gasteiger partial charge is 0.126 e. The van der Waals surface area contributed by atoms with Crippen molar-refractivity contribution in [3.05, 3.63) is 34.4 Å². The number of nitrogens with one attached hydrogen (secondary N) is 1. The van der Waals surface area contributed by atoms with Gasteiger partial charge < -0.3 is 10.5 Å². The molecule has 0 aliphatic carbocycles. The minimum atomic E-state index is 0.495. The van der Waals surface area contributed by atoms with Crippen molar-refractivity contribution in [1.29, 1.82) is 0 Å². The average molecular weight is 308 g/mol. The number of ether oxygens (including phenoxy) is 1. The van der Waals surface area contributed by atoms with Crippen LogP contribution in [-0.2, 0) is 4.74 Å². The van der Waals surface area contributed by atoms with Crippen LogP contribution in [0, 0.1) is 0 Å². The first-order chi connectivity index (χ1) is 8.75. The van der Waals surface area contributed by atoms with Gasteiger partial charge in [-0.3, -0.25) is 5.10 Å². The highest BCUT2D eigenvalue weighted by molar-refractivity contribution is 9.10. The number of nitrogens with zero attached hydrogens (tertiary/aromatic N) is 1. The van der Waals surface area contributed by atoms with E-state index in [0.717, 1.165) is 35.2 Å². The Bertz CT molecular complexity index is 561. The van der Waals surface area contributed by atoms with Crippen molar-refractivity contribution in [3.63, 3.8) is 0 Å². The molecule has 0 bridgehead atoms. The molecule has 3 N–H and O–H groups in total. The number of rotatable bonds is 2. The van der Waals surface area contributed by atoms with Crippen molar-refractivity contribution < 1.29 is 4.74 Å². The van der Waals surface area contributed by atoms with E-state index in [1.165, 1.54) is 5.56 Å². The standard InChI is InChI=1S/C13H14BrN3O/c14-12-5-8(11-6-16-17-13(11)15)1-2-10(12)9-3-4-18-7-9/h1-2,5-6,9H,3-4,7H2,(H3,15,16,17). The van der Waals surface area contributed by atoms with Crippen LogP contribution in [0.3, 0.4) is 0 Å². The van der Waals surface area contributed by atoms with Crippen LogP contribution in [-0.4, -0.2) is 23.4 Å². The summed E-state index contributed by atoms with van der Waals surface area (Å²) in [5.41, 5.74) is 9.13. The second-order valence-electron chi connectivity index (χ2n) is 4.49. The second-order valence-corrected chi connectivity index (χ2v) is 5.35. The molecule has 94 valence electrons. The molecule has 1 aliphatic rings. The molecule has 3 rings (SSSR count). The van der Waals surface area contributed by atoms with Crippen molar-refractivity contribution in [1.82, 2.24) is 10.2 Å². The molecule has 1 aromatic carbocycles. The molecule has 2 aromatic rings. The zero-order chi connectivity index (χ0) is 12.5. The van der Waals surface area contributed by atoms with Crippen LogP contribution in [0.1, 0.15) is 17.9 Å². The van der Waals surface area contributed by atoms with Crippen LogP contribution in [0.4, 0.5) is 5.82 Å². The molecule has 1 aromatic heterocycles. The van der Waals surface area contributed by atoms with Crippen LogP contribution in [0.2, 0.25) is 0 Å². The van der Waals surface area contributed by atoms with Gasteiger partial charge in [-0.25, -0.2) is 0 Å². The van der Waals surface area contributed by atoms with Crippen LogP contribution >= 0.6 is 15.9 Å². The normalized spacial score (nSPS) is 19.3. The molecule has 5 heteroatoms. The highest BCUT2D eigenvalue weighted by atomic mass is 79.9. The quantitative estimate of drug-likeness (QED) is 0.896. The SMILES string of the molecule is Nc1[nH]ncc1-c1ccc(C2CCOC2)c(Br)c1. The fraction of sp³-hybridized carbons (Fsp3) is 0.308. The fourth-order valence-electron chi connectivity index (χ4n) is 2.33. The van der Waals surface area contributed by atoms with Gasteiger partial charge in [-0.15, -0.1) is 0 Å². The van der Waals surface area contributed by atoms with Crippen molar-refractivity contribution in [2.24, 2.45) is 0 Å². The summed E-state index contributed by atoms with van der Waals surface area (Å²) in [4.78, 5) is 0. The molecular weight excluding hydrogens is 294 g/mol. The number of nitrogens with two attached hydrogens (primary N) is 1. The minimum absolute atomic E-state index is 0.495. The molecule has 0 saturated carbocycles. The zero-order valence-electron chi connectivity index (χ0n) is 9.82. The minimum Gasteiger partial charge on any atom is -0.384 e. The maximum Gasteiger partial charge on any atom is 0.126 e. The first kappa shape index (κ1) is 11.7. The average Bonchev–Trinajstić information content (AvgIpc) is 2.99. The number of H-pyrrole nitrogens is 1. The van der Waals surface area contributed by atoms with Crippen LogP contribution < -0.4 is 5.73 Å². The van der Waals surface area contributed by atoms with Gasteiger partial charge in [0.2, 0.25) is 0 Å². The largest absolute Gasteiger partial charge is 0.384 e. The number of aromatic nitrogens is 2. The third kappa shape index (κ3) is 2.04. The monoisotopic (exact) mass is 307 g/mol. The van der Waals surface area contributed by atoms with Gasteiger partial charge in [0, 0.05) is 22.6 Å². The van der Waals surface area contributed by atoms with E-state index in [1.54, 1.807) is 6.20 Å². The number of anilines is 1. The number of aromatic amines is 1. The summed E-state index contributed by atoms with van der Waals surface area (Å²) in [6.07, 6.45) is 2.83. The van der Waals surface area contributed by atoms with E-state index in [4.69, 9.17) is 10.5 Å². The first-order valence-electron chi connectivity index (χ1n) is 5.92. The zero-order valence-corrected chi connectivity index (χ0v) is 11.4. The molecular formula is C13H14BrN3O. The lowest BCUT2D eigenvalue weighted by atomic mass is 9.96. The molecule has 1 fully saturated rings. The molecule has 1 unspecified atom stereocenters. The summed E-state index contributed by atoms with van der Waals surface area (Å²) >= 11 is 3.64. The van der Waals surface area contributed by atoms with E-state index in [9.17, 15) is 0 Å². The Morgan fingerprint density at radius 1 is 1.44 bits per heavy atom. The van der Waals surface area contributed by atoms with Crippen LogP contribution in [0.25, 0.3) is 11.1 Å². The Labute approximate surface area is 114 Å². The van der Waals surface area contributed by atoms with Gasteiger partial charge >= 0.3 is 0 Å². The summed E-state index contributed by atoms with van der Waals surface area (Å²) in [6, 6.07) is 6.32. The number of nitrogen functional groups attached to an aromatic ring is 1. The van der Waals surface area contributed by atoms with Gasteiger partial charge in [0.15, 0.2) is 0 Å². The lowest BCUT2D eigenvalue weighted by Crippen LogP contribution is -1.98. The van der Waals surface area contributed by atoms with Gasteiger partial charge in [-0.2, -0.15) is 5.10 Å². The van der Waals surface area contributed by atoms with Crippen LogP contribution in [0.5, 0.6) is 0 Å². The fourth-order valence-corrected chi connectivity index (χ4v) is 3.03. The van der Waals surface area contributed by atoms with E-state index in [2.05, 4.69) is 44.3 Å². The predicted octanol–water partition coefficient (Wildman–Crippen LogP) is 2.93. The van der Waals surface area contributed by atoms with Gasteiger partial charge in [0.05, 0.1) is 12.8 Å². The molecule has 1 saturated heterocycles. The van der Waals surface area contributed by atoms with Crippen molar-refractivity contribution in [2.75, 3.05) is 18.9 Å². The number of hydrogen-bond donors (Lipinski definition) is 2. The molecule has 4 nitrogen and oxygen atoms in total. The number of hydrogen-bond acceptors (Lipinski definition) is 3. The lowest BCUT2D eigenvalue weighted by Gasteiger charge is -2.11. The van der Waals surface area contributed by atoms with Gasteiger partial charge in [0.1, 0.15) is 5.82 Å². The number of benzene rings is 1. The highest BCUT2D eigenvalue weighted by Crippen LogP contribution is 2.34. The Morgan fingerprint density at radius 2 is 2.33 bits per heavy atom. The highest BCUT2D eigenvalue weighted by Gasteiger charge is 2.20. The van der Waals surface area contributed by atoms with Gasteiger partial charge in [-0.05, 0) is 23.6 Å². The Balaban J connectivity index is 1.96. The first-order valence-corrected chi connectivity index (χ1v) is 6.71. The number of halogens is 1. The lowest BCUT2D eigenvalue weighted by molar-refractivity contribution is 0.194. The third-order valence-electron chi connectivity index (χ3n) is 3.35. The van der Waals surface area contributed by atoms with Crippen molar-refractivity contribution in [3.8, 4) is 11.1 Å². The van der Waals surface area contributed by atoms with Gasteiger partial charge in [0.25, 0.3) is 0 Å². The second kappa shape index (κ2) is 4.74. The molecule has 18 heavy (non-hydrogen) atoms. The van der Waals surface area contributed by atoms with E-state index in [-0.39, 0.29) is 0 Å². The molecule has 1 aliphatic heterocycles. The van der Waals surface area contributed by atoms with Crippen LogP contribution in [0.15, 0.2) is 28.9 Å². The Hall–Kier alpha value is -1.33. The van der Waals surface area contributed by atoms with Crippen molar-refractivity contribution in [2.45, 2.75) is 12.3 Å². The Morgan fingerprint density at radius 3 is 2.94 bits per heavy atom. The molecule has 2 heterocycles. The van der Waals surface area contributed by atoms with E-state index in [0.29, 0.717) is 11.7 Å². The topological polar surface area (TPSA) is 63.9 Å². The third-order valence-corrected chi connectivity index (χ3v) is 4.04. The maximum absolute atomic E-state index is 5.83. The summed E-state index contributed by atoms with van der Waals surface area (Å²) in [7, 11) is 0. The molecule has 0 radical (unpaired) electrons. The van der Waals surface area contributed by atoms with E-state index >= 15 is 0 Å². The summed E-state index contributed by atoms with van der Waals surface area (Å²) in [6.45, 7) is 1.67. The van der Waals surface area contributed by atoms with E-state index < -0.39 is 0 Å². The molecule has 1 atom stereocenters. The maximum atomic E-state index is 5.83. The molecule has 0 amide bonds. The summed E-state index contributed by atoms with van der Waals surface area (Å²) < 4.78 is 6.54. The van der Waals surface area contributed by atoms with E-state index in [1.807, 2.05) is 0 Å². The van der Waals surface area contributed by atoms with Gasteiger partial charge in [-0.1, -0.05) is 28.1 Å². The predicted molar refractivity (Wildman–Crippen MR) is 74.3 cm³/mol. The van der Waals surface area contributed by atoms with Crippen molar-refractivity contribution >= 4 is 21.7 Å². The summed E-state index contributed by atoms with van der Waals surface area (Å²) in [5.74, 6) is 1.09. The summed E-state index contributed by atoms with van der Waals surface area (Å²) in [5, 5.41) is 6.69. The Kier molecular flexibility index (Phi) is 3.09. The molecule has 0 spiro atoms.